The molecule has 2 heteroatoms. The number of aliphatic hydroxyl groups excluding tert-OH is 1. The van der Waals surface area contributed by atoms with Crippen LogP contribution >= 0.6 is 0 Å². The lowest BCUT2D eigenvalue weighted by atomic mass is 9.48. The molecule has 74 valence electrons. The van der Waals surface area contributed by atoms with Crippen LogP contribution in [0.15, 0.2) is 11.6 Å². The Labute approximate surface area is 79.8 Å². The highest BCUT2D eigenvalue weighted by Crippen LogP contribution is 2.59. The second-order valence-corrected chi connectivity index (χ2v) is 5.00. The normalized spacial score (nSPS) is 37.7. The van der Waals surface area contributed by atoms with Crippen LogP contribution in [0, 0.1) is 17.3 Å². The van der Waals surface area contributed by atoms with Crippen LogP contribution in [0.4, 0.5) is 0 Å². The predicted molar refractivity (Wildman–Crippen MR) is 53.1 cm³/mol. The molecule has 1 saturated carbocycles. The molecule has 3 rings (SSSR count). The van der Waals surface area contributed by atoms with E-state index >= 15 is 0 Å². The van der Waals surface area contributed by atoms with Crippen molar-refractivity contribution in [1.29, 1.82) is 0 Å². The monoisotopic (exact) mass is 181 g/mol. The number of nitrogens with two attached hydrogens (primary N) is 1. The molecule has 0 spiro atoms. The number of rotatable bonds is 2. The molecular formula is C11H19NO. The topological polar surface area (TPSA) is 46.2 Å². The van der Waals surface area contributed by atoms with E-state index in [-0.39, 0.29) is 0 Å². The Morgan fingerprint density at radius 2 is 2.38 bits per heavy atom. The number of allylic oxidation sites excluding steroid dienone is 1. The first-order chi connectivity index (χ1) is 6.07. The molecule has 3 atom stereocenters. The van der Waals surface area contributed by atoms with Crippen molar-refractivity contribution in [3.63, 3.8) is 0 Å². The van der Waals surface area contributed by atoms with Crippen LogP contribution in [-0.4, -0.2) is 17.8 Å². The minimum Gasteiger partial charge on any atom is -0.387 e. The Morgan fingerprint density at radius 3 is 2.85 bits per heavy atom. The summed E-state index contributed by atoms with van der Waals surface area (Å²) in [4.78, 5) is 0. The van der Waals surface area contributed by atoms with E-state index in [0.29, 0.717) is 17.9 Å². The average Bonchev–Trinajstić information content (AvgIpc) is 2.16. The molecule has 13 heavy (non-hydrogen) atoms. The molecule has 0 aromatic heterocycles. The van der Waals surface area contributed by atoms with Gasteiger partial charge in [-0.3, -0.25) is 0 Å². The summed E-state index contributed by atoms with van der Waals surface area (Å²) in [5, 5.41) is 9.72. The van der Waals surface area contributed by atoms with E-state index in [9.17, 15) is 5.11 Å². The van der Waals surface area contributed by atoms with Crippen LogP contribution in [-0.2, 0) is 0 Å². The molecule has 2 unspecified atom stereocenters. The predicted octanol–water partition coefficient (Wildman–Crippen LogP) is 1.30. The Balaban J connectivity index is 2.18. The molecule has 3 aliphatic rings. The van der Waals surface area contributed by atoms with Crippen LogP contribution in [0.1, 0.15) is 26.7 Å². The maximum atomic E-state index is 9.72. The molecule has 0 saturated heterocycles. The lowest BCUT2D eigenvalue weighted by Gasteiger charge is -2.57. The van der Waals surface area contributed by atoms with Gasteiger partial charge >= 0.3 is 0 Å². The van der Waals surface area contributed by atoms with Gasteiger partial charge in [0.05, 0.1) is 6.10 Å². The van der Waals surface area contributed by atoms with E-state index in [4.69, 9.17) is 5.73 Å². The van der Waals surface area contributed by atoms with Gasteiger partial charge in [0.25, 0.3) is 0 Å². The number of hydrogen-bond donors (Lipinski definition) is 2. The molecular weight excluding hydrogens is 162 g/mol. The highest BCUT2D eigenvalue weighted by atomic mass is 16.3. The van der Waals surface area contributed by atoms with Crippen molar-refractivity contribution in [2.45, 2.75) is 32.8 Å². The lowest BCUT2D eigenvalue weighted by Crippen LogP contribution is -2.50. The molecule has 2 bridgehead atoms. The summed E-state index contributed by atoms with van der Waals surface area (Å²) < 4.78 is 0. The van der Waals surface area contributed by atoms with E-state index in [1.807, 2.05) is 0 Å². The fourth-order valence-corrected chi connectivity index (χ4v) is 2.91. The second kappa shape index (κ2) is 2.82. The zero-order valence-corrected chi connectivity index (χ0v) is 8.46. The summed E-state index contributed by atoms with van der Waals surface area (Å²) in [5.41, 5.74) is 7.09. The Morgan fingerprint density at radius 1 is 1.69 bits per heavy atom. The minimum atomic E-state index is -0.398. The van der Waals surface area contributed by atoms with Crippen molar-refractivity contribution in [3.8, 4) is 0 Å². The molecule has 2 nitrogen and oxygen atoms in total. The van der Waals surface area contributed by atoms with E-state index in [1.54, 1.807) is 0 Å². The summed E-state index contributed by atoms with van der Waals surface area (Å²) in [6.45, 7) is 4.98. The third kappa shape index (κ3) is 1.16. The lowest BCUT2D eigenvalue weighted by molar-refractivity contribution is -0.0206. The molecule has 0 aliphatic heterocycles. The van der Waals surface area contributed by atoms with Gasteiger partial charge in [-0.25, -0.2) is 0 Å². The molecule has 3 N–H and O–H groups in total. The standard InChI is InChI=1S/C11H19NO/c1-11(2)7-3-4-8(9(11)5-7)10(13)6-12/h4,7,9-10,13H,3,5-6,12H2,1-2H3/t7?,9?,10-/m0/s1. The summed E-state index contributed by atoms with van der Waals surface area (Å²) in [7, 11) is 0. The highest BCUT2D eigenvalue weighted by Gasteiger charge is 2.51. The summed E-state index contributed by atoms with van der Waals surface area (Å²) >= 11 is 0. The summed E-state index contributed by atoms with van der Waals surface area (Å²) in [6, 6.07) is 0. The molecule has 0 aromatic rings. The Kier molecular flexibility index (Phi) is 2.00. The van der Waals surface area contributed by atoms with E-state index in [0.717, 1.165) is 12.3 Å². The smallest absolute Gasteiger partial charge is 0.0875 e. The van der Waals surface area contributed by atoms with Crippen molar-refractivity contribution in [3.05, 3.63) is 11.6 Å². The number of aliphatic hydroxyl groups is 1. The largest absolute Gasteiger partial charge is 0.387 e. The van der Waals surface area contributed by atoms with E-state index in [2.05, 4.69) is 19.9 Å². The van der Waals surface area contributed by atoms with Crippen molar-refractivity contribution in [2.75, 3.05) is 6.54 Å². The first kappa shape index (κ1) is 9.22. The molecule has 3 aliphatic carbocycles. The van der Waals surface area contributed by atoms with Gasteiger partial charge in [0.2, 0.25) is 0 Å². The highest BCUT2D eigenvalue weighted by molar-refractivity contribution is 5.26. The van der Waals surface area contributed by atoms with E-state index in [1.165, 1.54) is 12.0 Å². The van der Waals surface area contributed by atoms with Gasteiger partial charge in [-0.1, -0.05) is 19.9 Å². The van der Waals surface area contributed by atoms with Crippen LogP contribution in [0.2, 0.25) is 0 Å². The van der Waals surface area contributed by atoms with E-state index < -0.39 is 6.10 Å². The summed E-state index contributed by atoms with van der Waals surface area (Å²) in [6.07, 6.45) is 4.21. The van der Waals surface area contributed by atoms with Crippen molar-refractivity contribution < 1.29 is 5.11 Å². The van der Waals surface area contributed by atoms with Gasteiger partial charge in [0.1, 0.15) is 0 Å². The Hall–Kier alpha value is -0.340. The fraction of sp³-hybridized carbons (Fsp3) is 0.818. The molecule has 0 amide bonds. The van der Waals surface area contributed by atoms with Crippen molar-refractivity contribution in [2.24, 2.45) is 23.0 Å². The van der Waals surface area contributed by atoms with Crippen LogP contribution < -0.4 is 5.73 Å². The maximum Gasteiger partial charge on any atom is 0.0875 e. The second-order valence-electron chi connectivity index (χ2n) is 5.00. The zero-order chi connectivity index (χ0) is 9.64. The van der Waals surface area contributed by atoms with Gasteiger partial charge in [0, 0.05) is 6.54 Å². The quantitative estimate of drug-likeness (QED) is 0.631. The Bertz CT molecular complexity index is 244. The number of hydrogen-bond acceptors (Lipinski definition) is 2. The maximum absolute atomic E-state index is 9.72. The van der Waals surface area contributed by atoms with Gasteiger partial charge in [0.15, 0.2) is 0 Å². The fourth-order valence-electron chi connectivity index (χ4n) is 2.91. The van der Waals surface area contributed by atoms with Crippen LogP contribution in [0.5, 0.6) is 0 Å². The molecule has 0 radical (unpaired) electrons. The molecule has 0 aromatic carbocycles. The van der Waals surface area contributed by atoms with Crippen LogP contribution in [0.3, 0.4) is 0 Å². The van der Waals surface area contributed by atoms with Crippen molar-refractivity contribution >= 4 is 0 Å². The van der Waals surface area contributed by atoms with Gasteiger partial charge < -0.3 is 10.8 Å². The average molecular weight is 181 g/mol. The van der Waals surface area contributed by atoms with Crippen molar-refractivity contribution in [1.82, 2.24) is 0 Å². The van der Waals surface area contributed by atoms with Gasteiger partial charge in [-0.15, -0.1) is 0 Å². The van der Waals surface area contributed by atoms with Gasteiger partial charge in [-0.2, -0.15) is 0 Å². The van der Waals surface area contributed by atoms with Crippen LogP contribution in [0.25, 0.3) is 0 Å². The zero-order valence-electron chi connectivity index (χ0n) is 8.46. The third-order valence-electron chi connectivity index (χ3n) is 4.12. The van der Waals surface area contributed by atoms with Gasteiger partial charge in [-0.05, 0) is 35.7 Å². The first-order valence-electron chi connectivity index (χ1n) is 5.15. The molecule has 0 heterocycles. The molecule has 1 fully saturated rings. The minimum absolute atomic E-state index is 0.364. The SMILES string of the molecule is CC1(C)C2CC=C([C@@H](O)CN)C1C2. The third-order valence-corrected chi connectivity index (χ3v) is 4.12. The first-order valence-corrected chi connectivity index (χ1v) is 5.15. The number of fused-ring (bicyclic) bond motifs is 1. The summed E-state index contributed by atoms with van der Waals surface area (Å²) in [5.74, 6) is 1.43.